The first-order chi connectivity index (χ1) is 15.3. The van der Waals surface area contributed by atoms with Gasteiger partial charge in [0.1, 0.15) is 30.2 Å². The van der Waals surface area contributed by atoms with Crippen molar-refractivity contribution in [3.05, 3.63) is 34.4 Å². The Bertz CT molecular complexity index is 945. The highest BCUT2D eigenvalue weighted by atomic mass is 32.1. The van der Waals surface area contributed by atoms with E-state index < -0.39 is 18.6 Å². The van der Waals surface area contributed by atoms with Gasteiger partial charge in [0.2, 0.25) is 0 Å². The average molecular weight is 475 g/mol. The number of piperidine rings is 1. The van der Waals surface area contributed by atoms with Gasteiger partial charge in [-0.15, -0.1) is 24.5 Å². The molecule has 0 N–H and O–H groups in total. The minimum Gasteiger partial charge on any atom is -0.486 e. The van der Waals surface area contributed by atoms with Crippen molar-refractivity contribution in [2.75, 3.05) is 40.2 Å². The molecule has 1 amide bonds. The van der Waals surface area contributed by atoms with Crippen molar-refractivity contribution in [2.45, 2.75) is 24.5 Å². The van der Waals surface area contributed by atoms with E-state index >= 15 is 0 Å². The van der Waals surface area contributed by atoms with E-state index in [0.29, 0.717) is 19.5 Å². The fourth-order valence-electron chi connectivity index (χ4n) is 3.67. The Hall–Kier alpha value is -2.48. The molecule has 2 saturated heterocycles. The zero-order valence-corrected chi connectivity index (χ0v) is 17.8. The lowest BCUT2D eigenvalue weighted by Gasteiger charge is -2.40. The number of nitrogens with zero attached hydrogens (tertiary/aromatic N) is 3. The van der Waals surface area contributed by atoms with Crippen molar-refractivity contribution in [1.29, 1.82) is 0 Å². The van der Waals surface area contributed by atoms with Gasteiger partial charge >= 0.3 is 6.36 Å². The minimum atomic E-state index is -4.73. The normalized spacial score (nSPS) is 23.1. The first-order valence-corrected chi connectivity index (χ1v) is 10.5. The van der Waals surface area contributed by atoms with Gasteiger partial charge in [-0.3, -0.25) is 9.53 Å². The molecule has 2 aliphatic rings. The third-order valence-corrected chi connectivity index (χ3v) is 6.10. The van der Waals surface area contributed by atoms with Gasteiger partial charge < -0.3 is 23.8 Å². The van der Waals surface area contributed by atoms with Crippen molar-refractivity contribution in [1.82, 2.24) is 14.9 Å². The van der Waals surface area contributed by atoms with Crippen LogP contribution in [0.5, 0.6) is 11.6 Å². The van der Waals surface area contributed by atoms with Gasteiger partial charge in [-0.1, -0.05) is 0 Å². The lowest BCUT2D eigenvalue weighted by Crippen LogP contribution is -2.53. The number of rotatable bonds is 7. The second-order valence-corrected chi connectivity index (χ2v) is 7.89. The largest absolute Gasteiger partial charge is 0.522 e. The Kier molecular flexibility index (Phi) is 6.51. The number of amides is 1. The van der Waals surface area contributed by atoms with Crippen LogP contribution in [0.4, 0.5) is 13.2 Å². The SMILES string of the molecule is COc1nc(C(=O)N2CC[C@@]3(c4nccs4)OCO[C@H]3C2)ccc1OCCOC(F)(F)F. The summed E-state index contributed by atoms with van der Waals surface area (Å²) < 4.78 is 61.8. The summed E-state index contributed by atoms with van der Waals surface area (Å²) >= 11 is 1.48. The summed E-state index contributed by atoms with van der Waals surface area (Å²) in [5.74, 6) is -0.250. The minimum absolute atomic E-state index is 0.0162. The molecule has 2 aromatic heterocycles. The van der Waals surface area contributed by atoms with Crippen LogP contribution in [0, 0.1) is 0 Å². The number of aromatic nitrogens is 2. The summed E-state index contributed by atoms with van der Waals surface area (Å²) in [6.07, 6.45) is -2.86. The number of pyridine rings is 1. The molecule has 2 aromatic rings. The number of hydrogen-bond acceptors (Lipinski definition) is 9. The maximum Gasteiger partial charge on any atom is 0.522 e. The molecule has 13 heteroatoms. The number of methoxy groups -OCH3 is 1. The van der Waals surface area contributed by atoms with Crippen LogP contribution < -0.4 is 9.47 Å². The molecule has 0 spiro atoms. The standard InChI is InChI=1S/C19H20F3N3O6S/c1-27-15-13(28-7-8-30-19(20,21)22)3-2-12(24-15)16(26)25-6-4-18(17-23-5-9-32-17)14(10-25)29-11-31-18/h2-3,5,9,14H,4,6-8,10-11H2,1H3/t14-,18+/m0/s1. The molecule has 2 aliphatic heterocycles. The number of likely N-dealkylation sites (tertiary alicyclic amines) is 1. The smallest absolute Gasteiger partial charge is 0.486 e. The Morgan fingerprint density at radius 1 is 1.38 bits per heavy atom. The fourth-order valence-corrected chi connectivity index (χ4v) is 4.54. The summed E-state index contributed by atoms with van der Waals surface area (Å²) in [5.41, 5.74) is -0.548. The highest BCUT2D eigenvalue weighted by Gasteiger charge is 2.53. The van der Waals surface area contributed by atoms with E-state index in [2.05, 4.69) is 14.7 Å². The summed E-state index contributed by atoms with van der Waals surface area (Å²) in [6.45, 7) is -0.215. The predicted molar refractivity (Wildman–Crippen MR) is 103 cm³/mol. The molecule has 4 heterocycles. The third kappa shape index (κ3) is 4.65. The Labute approximate surface area is 185 Å². The molecule has 4 rings (SSSR count). The molecule has 0 bridgehead atoms. The zero-order valence-electron chi connectivity index (χ0n) is 17.0. The summed E-state index contributed by atoms with van der Waals surface area (Å²) in [6, 6.07) is 2.85. The lowest BCUT2D eigenvalue weighted by molar-refractivity contribution is -0.325. The summed E-state index contributed by atoms with van der Waals surface area (Å²) in [7, 11) is 1.32. The molecule has 0 radical (unpaired) electrons. The van der Waals surface area contributed by atoms with Crippen molar-refractivity contribution >= 4 is 17.2 Å². The molecule has 2 fully saturated rings. The summed E-state index contributed by atoms with van der Waals surface area (Å²) in [5, 5.41) is 2.69. The second-order valence-electron chi connectivity index (χ2n) is 6.99. The number of carbonyl (C=O) groups is 1. The van der Waals surface area contributed by atoms with Crippen molar-refractivity contribution in [3.8, 4) is 11.6 Å². The molecule has 174 valence electrons. The maximum absolute atomic E-state index is 13.0. The first-order valence-electron chi connectivity index (χ1n) is 9.66. The van der Waals surface area contributed by atoms with E-state index in [1.807, 2.05) is 5.38 Å². The van der Waals surface area contributed by atoms with E-state index in [9.17, 15) is 18.0 Å². The van der Waals surface area contributed by atoms with Crippen LogP contribution in [0.1, 0.15) is 21.9 Å². The van der Waals surface area contributed by atoms with Crippen LogP contribution in [0.2, 0.25) is 0 Å². The van der Waals surface area contributed by atoms with Crippen molar-refractivity contribution in [2.24, 2.45) is 0 Å². The monoisotopic (exact) mass is 475 g/mol. The van der Waals surface area contributed by atoms with Gasteiger partial charge in [0.25, 0.3) is 11.8 Å². The van der Waals surface area contributed by atoms with Gasteiger partial charge in [-0.2, -0.15) is 0 Å². The van der Waals surface area contributed by atoms with Gasteiger partial charge in [-0.05, 0) is 12.1 Å². The van der Waals surface area contributed by atoms with Crippen LogP contribution in [0.15, 0.2) is 23.7 Å². The highest BCUT2D eigenvalue weighted by Crippen LogP contribution is 2.43. The number of halogens is 3. The number of carbonyl (C=O) groups excluding carboxylic acids is 1. The van der Waals surface area contributed by atoms with Crippen LogP contribution in [0.3, 0.4) is 0 Å². The van der Waals surface area contributed by atoms with Crippen molar-refractivity contribution < 1.29 is 41.7 Å². The highest BCUT2D eigenvalue weighted by molar-refractivity contribution is 7.09. The average Bonchev–Trinajstić information content (AvgIpc) is 3.45. The number of ether oxygens (including phenoxy) is 5. The van der Waals surface area contributed by atoms with Gasteiger partial charge in [0.15, 0.2) is 11.4 Å². The van der Waals surface area contributed by atoms with E-state index in [0.717, 1.165) is 5.01 Å². The summed E-state index contributed by atoms with van der Waals surface area (Å²) in [4.78, 5) is 23.2. The van der Waals surface area contributed by atoms with E-state index in [-0.39, 0.29) is 42.7 Å². The maximum atomic E-state index is 13.0. The second kappa shape index (κ2) is 9.17. The molecule has 0 aliphatic carbocycles. The number of fused-ring (bicyclic) bond motifs is 1. The number of hydrogen-bond donors (Lipinski definition) is 0. The molecular weight excluding hydrogens is 455 g/mol. The number of thiazole rings is 1. The van der Waals surface area contributed by atoms with Crippen LogP contribution in [0.25, 0.3) is 0 Å². The van der Waals surface area contributed by atoms with E-state index in [1.165, 1.54) is 30.6 Å². The van der Waals surface area contributed by atoms with Crippen molar-refractivity contribution in [3.63, 3.8) is 0 Å². The van der Waals surface area contributed by atoms with Crippen LogP contribution in [-0.2, 0) is 19.8 Å². The number of alkyl halides is 3. The van der Waals surface area contributed by atoms with Crippen LogP contribution >= 0.6 is 11.3 Å². The lowest BCUT2D eigenvalue weighted by atomic mass is 9.89. The van der Waals surface area contributed by atoms with Gasteiger partial charge in [0.05, 0.1) is 20.3 Å². The van der Waals surface area contributed by atoms with Crippen LogP contribution in [-0.4, -0.2) is 73.4 Å². The molecule has 0 unspecified atom stereocenters. The molecule has 32 heavy (non-hydrogen) atoms. The molecule has 2 atom stereocenters. The van der Waals surface area contributed by atoms with E-state index in [1.54, 1.807) is 11.1 Å². The van der Waals surface area contributed by atoms with Gasteiger partial charge in [-0.25, -0.2) is 9.97 Å². The Balaban J connectivity index is 1.41. The fraction of sp³-hybridized carbons (Fsp3) is 0.526. The molecule has 0 saturated carbocycles. The first kappa shape index (κ1) is 22.7. The topological polar surface area (TPSA) is 92.2 Å². The third-order valence-electron chi connectivity index (χ3n) is 5.17. The zero-order chi connectivity index (χ0) is 22.8. The molecule has 9 nitrogen and oxygen atoms in total. The van der Waals surface area contributed by atoms with Gasteiger partial charge in [0, 0.05) is 24.5 Å². The molecular formula is C19H20F3N3O6S. The predicted octanol–water partition coefficient (Wildman–Crippen LogP) is 2.58. The molecule has 0 aromatic carbocycles. The quantitative estimate of drug-likeness (QED) is 0.565. The van der Waals surface area contributed by atoms with E-state index in [4.69, 9.17) is 18.9 Å². The Morgan fingerprint density at radius 3 is 2.94 bits per heavy atom. The Morgan fingerprint density at radius 2 is 2.22 bits per heavy atom.